The number of sulfonamides is 1. The normalized spacial score (nSPS) is 16.8. The summed E-state index contributed by atoms with van der Waals surface area (Å²) in [5.41, 5.74) is 0.393. The van der Waals surface area contributed by atoms with Gasteiger partial charge >= 0.3 is 0 Å². The Bertz CT molecular complexity index is 881. The molecule has 2 rings (SSSR count). The first-order chi connectivity index (χ1) is 11.3. The smallest absolute Gasteiger partial charge is 0.258 e. The lowest BCUT2D eigenvalue weighted by Gasteiger charge is -2.29. The van der Waals surface area contributed by atoms with Crippen molar-refractivity contribution in [3.05, 3.63) is 33.4 Å². The Morgan fingerprint density at radius 2 is 1.68 bits per heavy atom. The number of hydrogen-bond acceptors (Lipinski definition) is 6. The fourth-order valence-corrected chi connectivity index (χ4v) is 6.60. The first-order valence-electron chi connectivity index (χ1n) is 7.81. The number of sulfone groups is 1. The van der Waals surface area contributed by atoms with Gasteiger partial charge in [0, 0.05) is 30.5 Å². The highest BCUT2D eigenvalue weighted by atomic mass is 32.2. The number of non-ortho nitro benzene ring substituents is 1. The fourth-order valence-electron chi connectivity index (χ4n) is 3.18. The lowest BCUT2D eigenvalue weighted by atomic mass is 10.1. The predicted octanol–water partition coefficient (Wildman–Crippen LogP) is 1.80. The average molecular weight is 390 g/mol. The summed E-state index contributed by atoms with van der Waals surface area (Å²) in [5, 5.41) is 11.0. The second kappa shape index (κ2) is 6.65. The number of nitrogens with zero attached hydrogens (tertiary/aromatic N) is 2. The number of rotatable bonds is 7. The largest absolute Gasteiger partial charge is 0.270 e. The summed E-state index contributed by atoms with van der Waals surface area (Å²) in [6, 6.07) is 1.52. The van der Waals surface area contributed by atoms with E-state index in [9.17, 15) is 26.9 Å². The molecule has 0 N–H and O–H groups in total. The topological polar surface area (TPSA) is 115 Å². The third-order valence-corrected chi connectivity index (χ3v) is 7.54. The van der Waals surface area contributed by atoms with E-state index in [1.165, 1.54) is 30.3 Å². The van der Waals surface area contributed by atoms with Crippen LogP contribution in [0.2, 0.25) is 0 Å². The van der Waals surface area contributed by atoms with Gasteiger partial charge in [-0.25, -0.2) is 16.8 Å². The Morgan fingerprint density at radius 3 is 2.04 bits per heavy atom. The van der Waals surface area contributed by atoms with Gasteiger partial charge < -0.3 is 0 Å². The molecular weight excluding hydrogens is 368 g/mol. The van der Waals surface area contributed by atoms with Crippen molar-refractivity contribution in [1.82, 2.24) is 4.31 Å². The van der Waals surface area contributed by atoms with E-state index >= 15 is 0 Å². The van der Waals surface area contributed by atoms with Crippen LogP contribution in [0.25, 0.3) is 0 Å². The molecule has 0 aromatic heterocycles. The third kappa shape index (κ3) is 4.36. The van der Waals surface area contributed by atoms with Crippen molar-refractivity contribution in [1.29, 1.82) is 0 Å². The highest BCUT2D eigenvalue weighted by Gasteiger charge is 2.43. The molecule has 0 bridgehead atoms. The molecule has 1 aromatic rings. The first kappa shape index (κ1) is 19.8. The quantitative estimate of drug-likeness (QED) is 0.518. The van der Waals surface area contributed by atoms with Crippen LogP contribution in [0, 0.1) is 24.0 Å². The molecule has 1 aromatic carbocycles. The molecule has 0 radical (unpaired) electrons. The third-order valence-electron chi connectivity index (χ3n) is 4.08. The van der Waals surface area contributed by atoms with Gasteiger partial charge in [0.2, 0.25) is 10.0 Å². The van der Waals surface area contributed by atoms with Gasteiger partial charge in [-0.05, 0) is 44.7 Å². The average Bonchev–Trinajstić information content (AvgIpc) is 3.19. The maximum absolute atomic E-state index is 13.2. The minimum absolute atomic E-state index is 0.0188. The zero-order valence-electron chi connectivity index (χ0n) is 14.6. The van der Waals surface area contributed by atoms with Crippen molar-refractivity contribution in [2.75, 3.05) is 12.0 Å². The zero-order chi connectivity index (χ0) is 19.2. The highest BCUT2D eigenvalue weighted by molar-refractivity contribution is 7.91. The van der Waals surface area contributed by atoms with Gasteiger partial charge in [0.25, 0.3) is 5.69 Å². The molecule has 1 unspecified atom stereocenters. The standard InChI is InChI=1S/C15H22N2O6S2/c1-10-7-14(17(18)19)8-11(2)15(10)25(22,23)16(13-5-6-13)12(3)9-24(4,20)21/h7-8,12-13H,5-6,9H2,1-4H3. The summed E-state index contributed by atoms with van der Waals surface area (Å²) in [6.07, 6.45) is 2.43. The number of nitro groups is 1. The molecule has 0 spiro atoms. The monoisotopic (exact) mass is 390 g/mol. The van der Waals surface area contributed by atoms with Crippen LogP contribution in [0.4, 0.5) is 5.69 Å². The molecule has 1 saturated carbocycles. The van der Waals surface area contributed by atoms with E-state index in [-0.39, 0.29) is 33.5 Å². The number of aryl methyl sites for hydroxylation is 2. The summed E-state index contributed by atoms with van der Waals surface area (Å²) in [4.78, 5) is 10.4. The molecule has 8 nitrogen and oxygen atoms in total. The van der Waals surface area contributed by atoms with E-state index in [2.05, 4.69) is 0 Å². The van der Waals surface area contributed by atoms with Gasteiger partial charge in [0.1, 0.15) is 9.84 Å². The maximum Gasteiger partial charge on any atom is 0.270 e. The van der Waals surface area contributed by atoms with Crippen LogP contribution in [0.5, 0.6) is 0 Å². The van der Waals surface area contributed by atoms with Crippen LogP contribution < -0.4 is 0 Å². The van der Waals surface area contributed by atoms with Crippen molar-refractivity contribution >= 4 is 25.5 Å². The van der Waals surface area contributed by atoms with E-state index in [1.807, 2.05) is 0 Å². The van der Waals surface area contributed by atoms with Gasteiger partial charge in [-0.2, -0.15) is 4.31 Å². The predicted molar refractivity (Wildman–Crippen MR) is 93.8 cm³/mol. The molecule has 0 saturated heterocycles. The molecule has 0 aliphatic heterocycles. The number of hydrogen-bond donors (Lipinski definition) is 0. The lowest BCUT2D eigenvalue weighted by molar-refractivity contribution is -0.385. The van der Waals surface area contributed by atoms with Crippen LogP contribution in [0.1, 0.15) is 30.9 Å². The van der Waals surface area contributed by atoms with Gasteiger partial charge in [0.15, 0.2) is 0 Å². The first-order valence-corrected chi connectivity index (χ1v) is 11.3. The SMILES string of the molecule is Cc1cc([N+](=O)[O-])cc(C)c1S(=O)(=O)N(C(C)CS(C)(=O)=O)C1CC1. The van der Waals surface area contributed by atoms with Crippen molar-refractivity contribution in [2.24, 2.45) is 0 Å². The number of nitro benzene ring substituents is 1. The Hall–Kier alpha value is -1.52. The van der Waals surface area contributed by atoms with Crippen LogP contribution in [0.15, 0.2) is 17.0 Å². The molecule has 1 aliphatic carbocycles. The van der Waals surface area contributed by atoms with E-state index in [4.69, 9.17) is 0 Å². The Morgan fingerprint density at radius 1 is 1.20 bits per heavy atom. The van der Waals surface area contributed by atoms with Crippen molar-refractivity contribution in [3.8, 4) is 0 Å². The van der Waals surface area contributed by atoms with Crippen molar-refractivity contribution in [3.63, 3.8) is 0 Å². The second-order valence-corrected chi connectivity index (χ2v) is 10.6. The maximum atomic E-state index is 13.2. The van der Waals surface area contributed by atoms with Crippen LogP contribution in [-0.2, 0) is 19.9 Å². The Balaban J connectivity index is 2.53. The molecule has 25 heavy (non-hydrogen) atoms. The molecule has 10 heteroatoms. The van der Waals surface area contributed by atoms with E-state index < -0.39 is 30.8 Å². The summed E-state index contributed by atoms with van der Waals surface area (Å²) in [5.74, 6) is -0.270. The van der Waals surface area contributed by atoms with Gasteiger partial charge in [-0.1, -0.05) is 0 Å². The Labute approximate surface area is 148 Å². The lowest BCUT2D eigenvalue weighted by Crippen LogP contribution is -2.44. The van der Waals surface area contributed by atoms with Crippen molar-refractivity contribution < 1.29 is 21.8 Å². The van der Waals surface area contributed by atoms with Gasteiger partial charge in [0.05, 0.1) is 15.6 Å². The van der Waals surface area contributed by atoms with Crippen LogP contribution in [-0.4, -0.2) is 50.2 Å². The molecule has 1 fully saturated rings. The molecule has 140 valence electrons. The molecule has 0 heterocycles. The fraction of sp³-hybridized carbons (Fsp3) is 0.600. The highest BCUT2D eigenvalue weighted by Crippen LogP contribution is 2.37. The molecule has 1 atom stereocenters. The summed E-state index contributed by atoms with van der Waals surface area (Å²) in [6.45, 7) is 4.60. The van der Waals surface area contributed by atoms with Gasteiger partial charge in [-0.15, -0.1) is 0 Å². The summed E-state index contributed by atoms with van der Waals surface area (Å²) < 4.78 is 50.9. The minimum atomic E-state index is -3.97. The molecule has 0 amide bonds. The summed E-state index contributed by atoms with van der Waals surface area (Å²) >= 11 is 0. The Kier molecular flexibility index (Phi) is 5.27. The van der Waals surface area contributed by atoms with Crippen molar-refractivity contribution in [2.45, 2.75) is 50.6 Å². The van der Waals surface area contributed by atoms with Crippen LogP contribution >= 0.6 is 0 Å². The van der Waals surface area contributed by atoms with Crippen LogP contribution in [0.3, 0.4) is 0 Å². The van der Waals surface area contributed by atoms with Gasteiger partial charge in [-0.3, -0.25) is 10.1 Å². The summed E-state index contributed by atoms with van der Waals surface area (Å²) in [7, 11) is -7.32. The second-order valence-electron chi connectivity index (χ2n) is 6.67. The molecule has 1 aliphatic rings. The van der Waals surface area contributed by atoms with E-state index in [0.717, 1.165) is 6.26 Å². The molecular formula is C15H22N2O6S2. The van der Waals surface area contributed by atoms with E-state index in [0.29, 0.717) is 12.8 Å². The van der Waals surface area contributed by atoms with E-state index in [1.54, 1.807) is 6.92 Å². The number of benzene rings is 1. The zero-order valence-corrected chi connectivity index (χ0v) is 16.2. The minimum Gasteiger partial charge on any atom is -0.258 e.